The van der Waals surface area contributed by atoms with Gasteiger partial charge in [-0.3, -0.25) is 9.69 Å². The van der Waals surface area contributed by atoms with E-state index in [0.29, 0.717) is 0 Å². The Morgan fingerprint density at radius 1 is 1.16 bits per heavy atom. The Kier molecular flexibility index (Phi) is 4.17. The van der Waals surface area contributed by atoms with Gasteiger partial charge in [0.05, 0.1) is 11.6 Å². The molecule has 2 aliphatic heterocycles. The normalized spacial score (nSPS) is 21.6. The average molecular weight is 340 g/mol. The van der Waals surface area contributed by atoms with Crippen LogP contribution in [0.25, 0.3) is 10.9 Å². The second kappa shape index (κ2) is 6.48. The molecule has 2 aliphatic rings. The monoisotopic (exact) mass is 340 g/mol. The van der Waals surface area contributed by atoms with E-state index in [9.17, 15) is 4.79 Å². The minimum Gasteiger partial charge on any atom is -0.369 e. The van der Waals surface area contributed by atoms with E-state index in [2.05, 4.69) is 43.3 Å². The fourth-order valence-electron chi connectivity index (χ4n) is 3.81. The standard InChI is InChI=1S/C18H24N6O/c1-22(2)17-14-11-13(3-4-15(14)20-12-21-17)23-7-9-24(10-8-23)16-5-6-19-18(16)25/h3-4,11-12,16H,5-10H2,1-2H3,(H,19,25). The predicted octanol–water partition coefficient (Wildman–Crippen LogP) is 0.706. The van der Waals surface area contributed by atoms with Crippen molar-refractivity contribution in [2.75, 3.05) is 56.6 Å². The molecule has 0 aliphatic carbocycles. The number of amides is 1. The maximum absolute atomic E-state index is 11.9. The molecule has 0 saturated carbocycles. The molecule has 3 heterocycles. The lowest BCUT2D eigenvalue weighted by Crippen LogP contribution is -2.52. The summed E-state index contributed by atoms with van der Waals surface area (Å²) in [5, 5.41) is 4.01. The topological polar surface area (TPSA) is 64.6 Å². The highest BCUT2D eigenvalue weighted by Crippen LogP contribution is 2.27. The van der Waals surface area contributed by atoms with Crippen LogP contribution in [0.2, 0.25) is 0 Å². The molecule has 1 amide bonds. The summed E-state index contributed by atoms with van der Waals surface area (Å²) >= 11 is 0. The van der Waals surface area contributed by atoms with Crippen molar-refractivity contribution < 1.29 is 4.79 Å². The fraction of sp³-hybridized carbons (Fsp3) is 0.500. The Labute approximate surface area is 147 Å². The molecule has 4 rings (SSSR count). The molecule has 25 heavy (non-hydrogen) atoms. The molecule has 1 aromatic carbocycles. The highest BCUT2D eigenvalue weighted by molar-refractivity contribution is 5.91. The Hall–Kier alpha value is -2.41. The number of benzene rings is 1. The van der Waals surface area contributed by atoms with Gasteiger partial charge in [-0.05, 0) is 24.6 Å². The molecule has 7 nitrogen and oxygen atoms in total. The first-order chi connectivity index (χ1) is 12.1. The summed E-state index contributed by atoms with van der Waals surface area (Å²) in [4.78, 5) is 27.4. The maximum atomic E-state index is 11.9. The molecule has 0 radical (unpaired) electrons. The first kappa shape index (κ1) is 16.1. The molecule has 2 fully saturated rings. The van der Waals surface area contributed by atoms with Crippen LogP contribution in [-0.4, -0.2) is 73.6 Å². The van der Waals surface area contributed by atoms with Crippen molar-refractivity contribution in [3.05, 3.63) is 24.5 Å². The summed E-state index contributed by atoms with van der Waals surface area (Å²) in [7, 11) is 4.00. The third-order valence-corrected chi connectivity index (χ3v) is 5.16. The molecule has 0 spiro atoms. The van der Waals surface area contributed by atoms with Crippen LogP contribution < -0.4 is 15.1 Å². The SMILES string of the molecule is CN(C)c1ncnc2ccc(N3CCN(C4CCNC4=O)CC3)cc12. The van der Waals surface area contributed by atoms with Crippen molar-refractivity contribution >= 4 is 28.3 Å². The summed E-state index contributed by atoms with van der Waals surface area (Å²) in [6, 6.07) is 6.44. The first-order valence-corrected chi connectivity index (χ1v) is 8.82. The van der Waals surface area contributed by atoms with E-state index in [1.807, 2.05) is 19.0 Å². The molecule has 0 bridgehead atoms. The summed E-state index contributed by atoms with van der Waals surface area (Å²) in [6.07, 6.45) is 2.54. The van der Waals surface area contributed by atoms with Crippen molar-refractivity contribution in [2.24, 2.45) is 0 Å². The summed E-state index contributed by atoms with van der Waals surface area (Å²) < 4.78 is 0. The van der Waals surface area contributed by atoms with Gasteiger partial charge in [-0.15, -0.1) is 0 Å². The third-order valence-electron chi connectivity index (χ3n) is 5.16. The number of carbonyl (C=O) groups is 1. The molecular weight excluding hydrogens is 316 g/mol. The van der Waals surface area contributed by atoms with Crippen molar-refractivity contribution in [3.63, 3.8) is 0 Å². The number of nitrogens with one attached hydrogen (secondary N) is 1. The fourth-order valence-corrected chi connectivity index (χ4v) is 3.81. The molecular formula is C18H24N6O. The molecule has 1 atom stereocenters. The number of anilines is 2. The Balaban J connectivity index is 1.53. The van der Waals surface area contributed by atoms with E-state index >= 15 is 0 Å². The average Bonchev–Trinajstić information content (AvgIpc) is 3.06. The van der Waals surface area contributed by atoms with Gasteiger partial charge in [0.15, 0.2) is 0 Å². The maximum Gasteiger partial charge on any atom is 0.237 e. The van der Waals surface area contributed by atoms with Crippen LogP contribution in [0.1, 0.15) is 6.42 Å². The lowest BCUT2D eigenvalue weighted by Gasteiger charge is -2.38. The van der Waals surface area contributed by atoms with Gasteiger partial charge in [-0.25, -0.2) is 9.97 Å². The number of rotatable bonds is 3. The van der Waals surface area contributed by atoms with Crippen LogP contribution in [0.5, 0.6) is 0 Å². The van der Waals surface area contributed by atoms with E-state index < -0.39 is 0 Å². The minimum absolute atomic E-state index is 0.0625. The molecule has 1 unspecified atom stereocenters. The van der Waals surface area contributed by atoms with Crippen molar-refractivity contribution in [3.8, 4) is 0 Å². The molecule has 1 aromatic heterocycles. The predicted molar refractivity (Wildman–Crippen MR) is 99.1 cm³/mol. The van der Waals surface area contributed by atoms with Gasteiger partial charge in [0.25, 0.3) is 0 Å². The minimum atomic E-state index is 0.0625. The summed E-state index contributed by atoms with van der Waals surface area (Å²) in [6.45, 7) is 4.51. The Morgan fingerprint density at radius 3 is 2.64 bits per heavy atom. The summed E-state index contributed by atoms with van der Waals surface area (Å²) in [5.74, 6) is 1.13. The Morgan fingerprint density at radius 2 is 1.96 bits per heavy atom. The molecule has 132 valence electrons. The van der Waals surface area contributed by atoms with E-state index in [4.69, 9.17) is 0 Å². The van der Waals surface area contributed by atoms with Crippen LogP contribution >= 0.6 is 0 Å². The van der Waals surface area contributed by atoms with Crippen LogP contribution in [0.4, 0.5) is 11.5 Å². The number of aromatic nitrogens is 2. The van der Waals surface area contributed by atoms with Crippen molar-refractivity contribution in [2.45, 2.75) is 12.5 Å². The quantitative estimate of drug-likeness (QED) is 0.888. The van der Waals surface area contributed by atoms with Gasteiger partial charge in [-0.1, -0.05) is 0 Å². The first-order valence-electron chi connectivity index (χ1n) is 8.82. The molecule has 2 saturated heterocycles. The molecule has 7 heteroatoms. The third kappa shape index (κ3) is 3.00. The zero-order valence-electron chi connectivity index (χ0n) is 14.8. The number of fused-ring (bicyclic) bond motifs is 1. The highest BCUT2D eigenvalue weighted by atomic mass is 16.2. The van der Waals surface area contributed by atoms with Crippen LogP contribution in [0, 0.1) is 0 Å². The number of hydrogen-bond donors (Lipinski definition) is 1. The largest absolute Gasteiger partial charge is 0.369 e. The zero-order valence-corrected chi connectivity index (χ0v) is 14.8. The number of hydrogen-bond acceptors (Lipinski definition) is 6. The van der Waals surface area contributed by atoms with Crippen LogP contribution in [0.3, 0.4) is 0 Å². The van der Waals surface area contributed by atoms with Gasteiger partial charge in [0.2, 0.25) is 5.91 Å². The molecule has 1 N–H and O–H groups in total. The second-order valence-corrected chi connectivity index (χ2v) is 6.91. The number of nitrogens with zero attached hydrogens (tertiary/aromatic N) is 5. The molecule has 2 aromatic rings. The van der Waals surface area contributed by atoms with Gasteiger partial charge in [-0.2, -0.15) is 0 Å². The number of piperazine rings is 1. The van der Waals surface area contributed by atoms with Gasteiger partial charge >= 0.3 is 0 Å². The van der Waals surface area contributed by atoms with E-state index in [0.717, 1.165) is 55.9 Å². The van der Waals surface area contributed by atoms with E-state index in [1.54, 1.807) is 6.33 Å². The smallest absolute Gasteiger partial charge is 0.237 e. The van der Waals surface area contributed by atoms with Crippen molar-refractivity contribution in [1.82, 2.24) is 20.2 Å². The number of carbonyl (C=O) groups excluding carboxylic acids is 1. The van der Waals surface area contributed by atoms with E-state index in [-0.39, 0.29) is 11.9 Å². The highest BCUT2D eigenvalue weighted by Gasteiger charge is 2.32. The van der Waals surface area contributed by atoms with Gasteiger partial charge in [0.1, 0.15) is 12.1 Å². The Bertz CT molecular complexity index is 784. The zero-order chi connectivity index (χ0) is 17.4. The van der Waals surface area contributed by atoms with Gasteiger partial charge in [0, 0.05) is 57.9 Å². The van der Waals surface area contributed by atoms with Crippen LogP contribution in [0.15, 0.2) is 24.5 Å². The van der Waals surface area contributed by atoms with Gasteiger partial charge < -0.3 is 15.1 Å². The van der Waals surface area contributed by atoms with Crippen molar-refractivity contribution in [1.29, 1.82) is 0 Å². The lowest BCUT2D eigenvalue weighted by atomic mass is 10.1. The second-order valence-electron chi connectivity index (χ2n) is 6.91. The van der Waals surface area contributed by atoms with E-state index in [1.165, 1.54) is 5.69 Å². The van der Waals surface area contributed by atoms with Crippen LogP contribution in [-0.2, 0) is 4.79 Å². The lowest BCUT2D eigenvalue weighted by molar-refractivity contribution is -0.123. The summed E-state index contributed by atoms with van der Waals surface area (Å²) in [5.41, 5.74) is 2.16.